The normalized spacial score (nSPS) is 11.6. The minimum atomic E-state index is -0.479. The minimum Gasteiger partial charge on any atom is -0.496 e. The molecule has 34 heavy (non-hydrogen) atoms. The van der Waals surface area contributed by atoms with Crippen LogP contribution in [0.2, 0.25) is 0 Å². The number of hydrogen-bond acceptors (Lipinski definition) is 4. The number of methoxy groups -OCH3 is 3. The molecule has 0 bridgehead atoms. The third kappa shape index (κ3) is 11.3. The molecule has 0 saturated heterocycles. The first-order chi connectivity index (χ1) is 16.4. The van der Waals surface area contributed by atoms with E-state index < -0.39 is 5.41 Å². The van der Waals surface area contributed by atoms with Crippen molar-refractivity contribution in [1.82, 2.24) is 0 Å². The Labute approximate surface area is 208 Å². The number of hydrogen-bond donors (Lipinski definition) is 1. The molecule has 0 atom stereocenters. The Morgan fingerprint density at radius 1 is 0.794 bits per heavy atom. The first kappa shape index (κ1) is 29.9. The van der Waals surface area contributed by atoms with Gasteiger partial charge in [-0.25, -0.2) is 0 Å². The fourth-order valence-electron chi connectivity index (χ4n) is 3.99. The van der Waals surface area contributed by atoms with Crippen molar-refractivity contribution in [3.05, 3.63) is 24.3 Å². The first-order valence-electron chi connectivity index (χ1n) is 13.2. The van der Waals surface area contributed by atoms with Crippen LogP contribution >= 0.6 is 0 Å². The second kappa shape index (κ2) is 17.3. The van der Waals surface area contributed by atoms with Crippen LogP contribution in [0, 0.1) is 5.41 Å². The van der Waals surface area contributed by atoms with Gasteiger partial charge < -0.3 is 19.5 Å². The van der Waals surface area contributed by atoms with Crippen molar-refractivity contribution < 1.29 is 19.0 Å². The third-order valence-corrected chi connectivity index (χ3v) is 6.38. The summed E-state index contributed by atoms with van der Waals surface area (Å²) in [6, 6.07) is 3.49. The molecule has 0 aromatic heterocycles. The molecule has 1 amide bonds. The third-order valence-electron chi connectivity index (χ3n) is 6.38. The number of anilines is 1. The molecule has 0 radical (unpaired) electrons. The summed E-state index contributed by atoms with van der Waals surface area (Å²) in [6.07, 6.45) is 20.7. The fourth-order valence-corrected chi connectivity index (χ4v) is 3.99. The summed E-state index contributed by atoms with van der Waals surface area (Å²) in [4.78, 5) is 13.0. The summed E-state index contributed by atoms with van der Waals surface area (Å²) < 4.78 is 16.2. The first-order valence-corrected chi connectivity index (χ1v) is 13.2. The zero-order chi connectivity index (χ0) is 25.2. The van der Waals surface area contributed by atoms with Crippen LogP contribution in [0.1, 0.15) is 104 Å². The molecule has 0 fully saturated rings. The Hall–Kier alpha value is -2.17. The lowest BCUT2D eigenvalue weighted by Crippen LogP contribution is -2.31. The summed E-state index contributed by atoms with van der Waals surface area (Å²) >= 11 is 0. The van der Waals surface area contributed by atoms with Gasteiger partial charge in [0.05, 0.1) is 21.3 Å². The van der Waals surface area contributed by atoms with Crippen molar-refractivity contribution in [3.8, 4) is 17.2 Å². The minimum absolute atomic E-state index is 0.0353. The van der Waals surface area contributed by atoms with Crippen molar-refractivity contribution in [3.63, 3.8) is 0 Å². The average molecular weight is 476 g/mol. The van der Waals surface area contributed by atoms with Gasteiger partial charge in [0.2, 0.25) is 5.91 Å². The van der Waals surface area contributed by atoms with E-state index in [1.165, 1.54) is 57.8 Å². The van der Waals surface area contributed by atoms with Crippen LogP contribution in [0.4, 0.5) is 5.69 Å². The second-order valence-electron chi connectivity index (χ2n) is 9.73. The van der Waals surface area contributed by atoms with Crippen molar-refractivity contribution in [2.45, 2.75) is 104 Å². The highest BCUT2D eigenvalue weighted by Gasteiger charge is 2.29. The van der Waals surface area contributed by atoms with E-state index in [4.69, 9.17) is 14.2 Å². The molecule has 1 aromatic rings. The van der Waals surface area contributed by atoms with Gasteiger partial charge in [-0.15, -0.1) is 0 Å². The molecule has 0 heterocycles. The number of carbonyl (C=O) groups is 1. The van der Waals surface area contributed by atoms with Crippen molar-refractivity contribution in [2.75, 3.05) is 26.6 Å². The lowest BCUT2D eigenvalue weighted by atomic mass is 9.85. The monoisotopic (exact) mass is 475 g/mol. The number of carbonyl (C=O) groups excluding carboxylic acids is 1. The molecule has 1 N–H and O–H groups in total. The van der Waals surface area contributed by atoms with E-state index >= 15 is 0 Å². The van der Waals surface area contributed by atoms with Crippen molar-refractivity contribution >= 4 is 11.6 Å². The topological polar surface area (TPSA) is 56.8 Å². The zero-order valence-corrected chi connectivity index (χ0v) is 22.6. The molecule has 0 aliphatic carbocycles. The number of allylic oxidation sites excluding steroid dienone is 2. The number of ether oxygens (including phenoxy) is 3. The van der Waals surface area contributed by atoms with Crippen LogP contribution in [0.3, 0.4) is 0 Å². The number of benzene rings is 1. The SMILES string of the molecule is CCCCCCCC/C=C\CCCCCCC(C)(C)C(=O)Nc1c(OC)cc(OC)cc1OC. The van der Waals surface area contributed by atoms with Gasteiger partial charge >= 0.3 is 0 Å². The standard InChI is InChI=1S/C29H49NO4/c1-7-8-9-10-11-12-13-14-15-16-17-18-19-20-21-29(2,3)28(31)30-27-25(33-5)22-24(32-4)23-26(27)34-6/h14-15,22-23H,7-13,16-21H2,1-6H3,(H,30,31)/b15-14-. The summed E-state index contributed by atoms with van der Waals surface area (Å²) in [5.74, 6) is 1.62. The number of amides is 1. The summed E-state index contributed by atoms with van der Waals surface area (Å²) in [5, 5.41) is 3.02. The Morgan fingerprint density at radius 2 is 1.29 bits per heavy atom. The maximum atomic E-state index is 13.0. The molecule has 0 saturated carbocycles. The number of unbranched alkanes of at least 4 members (excludes halogenated alkanes) is 10. The van der Waals surface area contributed by atoms with E-state index in [0.717, 1.165) is 25.7 Å². The summed E-state index contributed by atoms with van der Waals surface area (Å²) in [7, 11) is 4.72. The Bertz CT molecular complexity index is 702. The molecule has 0 spiro atoms. The van der Waals surface area contributed by atoms with Gasteiger partial charge in [-0.2, -0.15) is 0 Å². The van der Waals surface area contributed by atoms with Gasteiger partial charge in [-0.1, -0.05) is 84.3 Å². The largest absolute Gasteiger partial charge is 0.496 e. The lowest BCUT2D eigenvalue weighted by molar-refractivity contribution is -0.124. The van der Waals surface area contributed by atoms with Gasteiger partial charge in [0, 0.05) is 17.5 Å². The van der Waals surface area contributed by atoms with Crippen LogP contribution in [0.25, 0.3) is 0 Å². The molecule has 1 aromatic carbocycles. The molecule has 0 unspecified atom stereocenters. The highest BCUT2D eigenvalue weighted by atomic mass is 16.5. The van der Waals surface area contributed by atoms with E-state index in [1.54, 1.807) is 33.5 Å². The van der Waals surface area contributed by atoms with E-state index in [9.17, 15) is 4.79 Å². The smallest absolute Gasteiger partial charge is 0.230 e. The van der Waals surface area contributed by atoms with Gasteiger partial charge in [-0.3, -0.25) is 4.79 Å². The van der Waals surface area contributed by atoms with Crippen molar-refractivity contribution in [1.29, 1.82) is 0 Å². The molecule has 194 valence electrons. The average Bonchev–Trinajstić information content (AvgIpc) is 2.84. The van der Waals surface area contributed by atoms with Crippen LogP contribution < -0.4 is 19.5 Å². The Morgan fingerprint density at radius 3 is 1.79 bits per heavy atom. The van der Waals surface area contributed by atoms with E-state index in [0.29, 0.717) is 22.9 Å². The van der Waals surface area contributed by atoms with Crippen LogP contribution in [-0.2, 0) is 4.79 Å². The predicted molar refractivity (Wildman–Crippen MR) is 143 cm³/mol. The summed E-state index contributed by atoms with van der Waals surface area (Å²) in [6.45, 7) is 6.26. The van der Waals surface area contributed by atoms with Gasteiger partial charge in [-0.05, 0) is 32.1 Å². The van der Waals surface area contributed by atoms with Crippen LogP contribution in [0.5, 0.6) is 17.2 Å². The van der Waals surface area contributed by atoms with Gasteiger partial charge in [0.25, 0.3) is 0 Å². The van der Waals surface area contributed by atoms with Crippen molar-refractivity contribution in [2.24, 2.45) is 5.41 Å². The molecule has 5 nitrogen and oxygen atoms in total. The molecule has 0 aliphatic heterocycles. The van der Waals surface area contributed by atoms with E-state index in [1.807, 2.05) is 13.8 Å². The number of rotatable bonds is 19. The summed E-state index contributed by atoms with van der Waals surface area (Å²) in [5.41, 5.74) is 0.0594. The van der Waals surface area contributed by atoms with E-state index in [-0.39, 0.29) is 5.91 Å². The predicted octanol–water partition coefficient (Wildman–Crippen LogP) is 8.32. The second-order valence-corrected chi connectivity index (χ2v) is 9.73. The Balaban J connectivity index is 2.32. The van der Waals surface area contributed by atoms with Crippen LogP contribution in [-0.4, -0.2) is 27.2 Å². The number of nitrogens with one attached hydrogen (secondary N) is 1. The quantitative estimate of drug-likeness (QED) is 0.161. The Kier molecular flexibility index (Phi) is 15.2. The molecular weight excluding hydrogens is 426 g/mol. The highest BCUT2D eigenvalue weighted by molar-refractivity contribution is 5.97. The highest BCUT2D eigenvalue weighted by Crippen LogP contribution is 2.40. The molecular formula is C29H49NO4. The van der Waals surface area contributed by atoms with Gasteiger partial charge in [0.1, 0.15) is 22.9 Å². The molecule has 0 aliphatic rings. The van der Waals surface area contributed by atoms with Gasteiger partial charge in [0.15, 0.2) is 0 Å². The zero-order valence-electron chi connectivity index (χ0n) is 22.6. The lowest BCUT2D eigenvalue weighted by Gasteiger charge is -2.25. The fraction of sp³-hybridized carbons (Fsp3) is 0.690. The maximum absolute atomic E-state index is 13.0. The maximum Gasteiger partial charge on any atom is 0.230 e. The molecule has 1 rings (SSSR count). The molecule has 5 heteroatoms. The van der Waals surface area contributed by atoms with Crippen LogP contribution in [0.15, 0.2) is 24.3 Å². The van der Waals surface area contributed by atoms with E-state index in [2.05, 4.69) is 24.4 Å².